The van der Waals surface area contributed by atoms with E-state index in [4.69, 9.17) is 21.1 Å². The number of aryl methyl sites for hydroxylation is 1. The Morgan fingerprint density at radius 2 is 1.94 bits per heavy atom. The zero-order valence-corrected chi connectivity index (χ0v) is 20.2. The van der Waals surface area contributed by atoms with Gasteiger partial charge in [-0.2, -0.15) is 13.2 Å². The van der Waals surface area contributed by atoms with Gasteiger partial charge in [-0.25, -0.2) is 9.78 Å². The molecule has 0 radical (unpaired) electrons. The fraction of sp³-hybridized carbons (Fsp3) is 0.308. The first kappa shape index (κ1) is 25.6. The number of rotatable bonds is 9. The number of halogens is 4. The molecule has 0 saturated carbocycles. The van der Waals surface area contributed by atoms with Crippen LogP contribution in [0.3, 0.4) is 0 Å². The van der Waals surface area contributed by atoms with E-state index in [-0.39, 0.29) is 36.8 Å². The van der Waals surface area contributed by atoms with Crippen molar-refractivity contribution in [2.45, 2.75) is 45.3 Å². The third-order valence-electron chi connectivity index (χ3n) is 5.81. The third-order valence-corrected chi connectivity index (χ3v) is 6.18. The van der Waals surface area contributed by atoms with Crippen molar-refractivity contribution >= 4 is 23.6 Å². The van der Waals surface area contributed by atoms with E-state index in [1.54, 1.807) is 42.5 Å². The minimum Gasteiger partial charge on any atom is -0.478 e. The molecule has 0 spiro atoms. The van der Waals surface area contributed by atoms with Gasteiger partial charge in [-0.15, -0.1) is 0 Å². The molecule has 0 fully saturated rings. The maximum atomic E-state index is 14.1. The summed E-state index contributed by atoms with van der Waals surface area (Å²) in [6.45, 7) is 2.00. The van der Waals surface area contributed by atoms with Crippen LogP contribution in [-0.4, -0.2) is 27.4 Å². The molecule has 0 atom stereocenters. The highest BCUT2D eigenvalue weighted by molar-refractivity contribution is 6.31. The first-order valence-corrected chi connectivity index (χ1v) is 11.8. The van der Waals surface area contributed by atoms with Crippen LogP contribution in [0, 0.1) is 0 Å². The molecule has 10 heteroatoms. The van der Waals surface area contributed by atoms with E-state index >= 15 is 0 Å². The Morgan fingerprint density at radius 1 is 1.19 bits per heavy atom. The molecule has 0 aliphatic carbocycles. The molecule has 4 rings (SSSR count). The van der Waals surface area contributed by atoms with Crippen LogP contribution in [0.1, 0.15) is 48.1 Å². The molecule has 1 aromatic heterocycles. The van der Waals surface area contributed by atoms with Crippen LogP contribution in [0.25, 0.3) is 6.08 Å². The normalized spacial score (nSPS) is 13.3. The number of carboxylic acids is 1. The van der Waals surface area contributed by atoms with Crippen molar-refractivity contribution < 1.29 is 32.5 Å². The molecule has 190 valence electrons. The van der Waals surface area contributed by atoms with Gasteiger partial charge in [-0.1, -0.05) is 49.2 Å². The predicted octanol–water partition coefficient (Wildman–Crippen LogP) is 6.39. The molecule has 3 aromatic rings. The fourth-order valence-corrected chi connectivity index (χ4v) is 4.19. The van der Waals surface area contributed by atoms with Gasteiger partial charge in [0.1, 0.15) is 5.82 Å². The van der Waals surface area contributed by atoms with Gasteiger partial charge in [-0.3, -0.25) is 0 Å². The van der Waals surface area contributed by atoms with Crippen molar-refractivity contribution in [2.75, 3.05) is 6.79 Å². The molecule has 0 amide bonds. The third kappa shape index (κ3) is 5.67. The van der Waals surface area contributed by atoms with Crippen molar-refractivity contribution in [1.82, 2.24) is 9.55 Å². The largest absolute Gasteiger partial charge is 0.478 e. The van der Waals surface area contributed by atoms with Gasteiger partial charge >= 0.3 is 12.1 Å². The van der Waals surface area contributed by atoms with Crippen LogP contribution in [0.2, 0.25) is 5.02 Å². The monoisotopic (exact) mass is 520 g/mol. The summed E-state index contributed by atoms with van der Waals surface area (Å²) >= 11 is 6.30. The summed E-state index contributed by atoms with van der Waals surface area (Å²) in [7, 11) is 0. The van der Waals surface area contributed by atoms with Crippen LogP contribution in [0.5, 0.6) is 11.5 Å². The van der Waals surface area contributed by atoms with Crippen LogP contribution >= 0.6 is 11.6 Å². The van der Waals surface area contributed by atoms with Crippen molar-refractivity contribution in [2.24, 2.45) is 0 Å². The van der Waals surface area contributed by atoms with Gasteiger partial charge in [0.15, 0.2) is 17.2 Å². The lowest BCUT2D eigenvalue weighted by Gasteiger charge is -2.14. The van der Waals surface area contributed by atoms with Gasteiger partial charge in [0.2, 0.25) is 6.79 Å². The number of alkyl halides is 3. The number of ether oxygens (including phenoxy) is 2. The maximum Gasteiger partial charge on any atom is 0.435 e. The maximum absolute atomic E-state index is 14.1. The van der Waals surface area contributed by atoms with E-state index in [1.807, 2.05) is 6.92 Å². The Kier molecular flexibility index (Phi) is 7.59. The smallest absolute Gasteiger partial charge is 0.435 e. The number of nitrogens with zero attached hydrogens (tertiary/aromatic N) is 2. The Balaban J connectivity index is 1.83. The average Bonchev–Trinajstić information content (AvgIpc) is 3.43. The SMILES string of the molecule is CCCCc1nc(C(F)(F)F)c(/C=C(\Cc2ccc3c(c2)OCO3)C(=O)O)n1Cc1ccccc1Cl. The zero-order chi connectivity index (χ0) is 25.9. The number of hydrogen-bond acceptors (Lipinski definition) is 4. The Labute approximate surface area is 210 Å². The molecule has 2 heterocycles. The predicted molar refractivity (Wildman–Crippen MR) is 128 cm³/mol. The number of carbonyl (C=O) groups is 1. The lowest BCUT2D eigenvalue weighted by Crippen LogP contribution is -2.12. The zero-order valence-electron chi connectivity index (χ0n) is 19.4. The van der Waals surface area contributed by atoms with E-state index in [0.29, 0.717) is 40.5 Å². The molecule has 0 saturated heterocycles. The van der Waals surface area contributed by atoms with Crippen molar-refractivity contribution in [3.8, 4) is 11.5 Å². The fourth-order valence-electron chi connectivity index (χ4n) is 3.99. The molecule has 0 unspecified atom stereocenters. The van der Waals surface area contributed by atoms with E-state index in [9.17, 15) is 23.1 Å². The highest BCUT2D eigenvalue weighted by Crippen LogP contribution is 2.36. The summed E-state index contributed by atoms with van der Waals surface area (Å²) in [5, 5.41) is 10.3. The van der Waals surface area contributed by atoms with Gasteiger partial charge in [0.05, 0.1) is 12.2 Å². The lowest BCUT2D eigenvalue weighted by molar-refractivity contribution is -0.141. The standard InChI is InChI=1S/C26H24ClF3N2O4/c1-2-3-8-23-31-24(26(28,29)30)20(32(23)14-17-6-4-5-7-19(17)27)13-18(25(33)34)11-16-9-10-21-22(12-16)36-15-35-21/h4-7,9-10,12-13H,2-3,8,11,14-15H2,1H3,(H,33,34)/b18-13+. The van der Waals surface area contributed by atoms with Gasteiger partial charge in [0, 0.05) is 23.4 Å². The summed E-state index contributed by atoms with van der Waals surface area (Å²) < 4.78 is 54.3. The first-order valence-electron chi connectivity index (χ1n) is 11.4. The number of fused-ring (bicyclic) bond motifs is 1. The molecule has 1 aliphatic rings. The molecule has 6 nitrogen and oxygen atoms in total. The van der Waals surface area contributed by atoms with E-state index in [2.05, 4.69) is 4.98 Å². The van der Waals surface area contributed by atoms with Crippen molar-refractivity contribution in [1.29, 1.82) is 0 Å². The molecule has 2 aromatic carbocycles. The quantitative estimate of drug-likeness (QED) is 0.331. The van der Waals surface area contributed by atoms with Gasteiger partial charge < -0.3 is 19.1 Å². The summed E-state index contributed by atoms with van der Waals surface area (Å²) in [4.78, 5) is 16.1. The number of carboxylic acid groups (broad SMARTS) is 1. The average molecular weight is 521 g/mol. The topological polar surface area (TPSA) is 73.6 Å². The summed E-state index contributed by atoms with van der Waals surface area (Å²) in [6, 6.07) is 11.8. The number of unbranched alkanes of at least 4 members (excludes halogenated alkanes) is 1. The summed E-state index contributed by atoms with van der Waals surface area (Å²) in [5.74, 6) is -0.124. The van der Waals surface area contributed by atoms with E-state index in [0.717, 1.165) is 12.5 Å². The molecule has 1 N–H and O–H groups in total. The second-order valence-electron chi connectivity index (χ2n) is 8.38. The number of imidazole rings is 1. The minimum absolute atomic E-state index is 0.0184. The minimum atomic E-state index is -4.78. The second-order valence-corrected chi connectivity index (χ2v) is 8.79. The van der Waals surface area contributed by atoms with Crippen LogP contribution < -0.4 is 9.47 Å². The van der Waals surface area contributed by atoms with Crippen LogP contribution in [0.4, 0.5) is 13.2 Å². The molecule has 1 aliphatic heterocycles. The van der Waals surface area contributed by atoms with Gasteiger partial charge in [-0.05, 0) is 41.8 Å². The number of aromatic nitrogens is 2. The Hall–Kier alpha value is -3.46. The second kappa shape index (κ2) is 10.7. The number of benzene rings is 2. The van der Waals surface area contributed by atoms with Crippen LogP contribution in [-0.2, 0) is 30.4 Å². The van der Waals surface area contributed by atoms with Crippen molar-refractivity contribution in [3.05, 3.63) is 81.4 Å². The molecule has 36 heavy (non-hydrogen) atoms. The van der Waals surface area contributed by atoms with Gasteiger partial charge in [0.25, 0.3) is 0 Å². The summed E-state index contributed by atoms with van der Waals surface area (Å²) in [5.41, 5.74) is -0.492. The Bertz CT molecular complexity index is 1300. The lowest BCUT2D eigenvalue weighted by atomic mass is 10.0. The first-order chi connectivity index (χ1) is 17.2. The van der Waals surface area contributed by atoms with E-state index in [1.165, 1.54) is 4.57 Å². The van der Waals surface area contributed by atoms with Crippen molar-refractivity contribution in [3.63, 3.8) is 0 Å². The number of hydrogen-bond donors (Lipinski definition) is 1. The van der Waals surface area contributed by atoms with Crippen LogP contribution in [0.15, 0.2) is 48.0 Å². The number of aliphatic carboxylic acids is 1. The Morgan fingerprint density at radius 3 is 2.64 bits per heavy atom. The summed E-state index contributed by atoms with van der Waals surface area (Å²) in [6.07, 6.45) is -2.14. The van der Waals surface area contributed by atoms with E-state index < -0.39 is 17.8 Å². The molecular formula is C26H24ClF3N2O4. The highest BCUT2D eigenvalue weighted by Gasteiger charge is 2.38. The molecular weight excluding hydrogens is 497 g/mol. The molecule has 0 bridgehead atoms. The highest BCUT2D eigenvalue weighted by atomic mass is 35.5.